The van der Waals surface area contributed by atoms with Gasteiger partial charge in [0.25, 0.3) is 0 Å². The van der Waals surface area contributed by atoms with Crippen LogP contribution in [0.25, 0.3) is 10.9 Å². The first-order chi connectivity index (χ1) is 12.6. The van der Waals surface area contributed by atoms with E-state index in [1.807, 2.05) is 31.2 Å². The van der Waals surface area contributed by atoms with Gasteiger partial charge in [-0.15, -0.1) is 0 Å². The van der Waals surface area contributed by atoms with E-state index in [0.717, 1.165) is 10.9 Å². The second-order valence-electron chi connectivity index (χ2n) is 5.55. The Labute approximate surface area is 150 Å². The molecule has 0 fully saturated rings. The molecule has 0 amide bonds. The molecule has 134 valence electrons. The highest BCUT2D eigenvalue weighted by Crippen LogP contribution is 2.28. The predicted octanol–water partition coefficient (Wildman–Crippen LogP) is 3.61. The molecule has 0 aliphatic rings. The zero-order valence-electron chi connectivity index (χ0n) is 14.6. The van der Waals surface area contributed by atoms with Crippen LogP contribution in [0.1, 0.15) is 27.6 Å². The summed E-state index contributed by atoms with van der Waals surface area (Å²) in [5, 5.41) is 0.802. The molecule has 3 rings (SSSR count). The number of benzene rings is 2. The molecule has 0 bridgehead atoms. The van der Waals surface area contributed by atoms with E-state index >= 15 is 0 Å². The molecule has 2 aromatic carbocycles. The number of nitrogens with one attached hydrogen (secondary N) is 1. The van der Waals surface area contributed by atoms with E-state index in [1.54, 1.807) is 24.4 Å². The third kappa shape index (κ3) is 3.54. The van der Waals surface area contributed by atoms with E-state index < -0.39 is 5.97 Å². The van der Waals surface area contributed by atoms with Crippen molar-refractivity contribution in [2.45, 2.75) is 6.92 Å². The van der Waals surface area contributed by atoms with Crippen LogP contribution in [0.2, 0.25) is 0 Å². The third-order valence-corrected chi connectivity index (χ3v) is 3.92. The predicted molar refractivity (Wildman–Crippen MR) is 97.1 cm³/mol. The van der Waals surface area contributed by atoms with Crippen molar-refractivity contribution >= 4 is 22.7 Å². The van der Waals surface area contributed by atoms with Crippen molar-refractivity contribution in [2.24, 2.45) is 0 Å². The second kappa shape index (κ2) is 7.74. The molecule has 1 heterocycles. The maximum absolute atomic E-state index is 12.4. The number of para-hydroxylation sites is 1. The average Bonchev–Trinajstić information content (AvgIpc) is 3.10. The third-order valence-electron chi connectivity index (χ3n) is 3.92. The monoisotopic (exact) mass is 353 g/mol. The first-order valence-corrected chi connectivity index (χ1v) is 8.21. The summed E-state index contributed by atoms with van der Waals surface area (Å²) in [6.07, 6.45) is 1.63. The lowest BCUT2D eigenvalue weighted by atomic mass is 10.1. The van der Waals surface area contributed by atoms with Crippen LogP contribution < -0.4 is 9.47 Å². The zero-order chi connectivity index (χ0) is 18.5. The minimum Gasteiger partial charge on any atom is -0.493 e. The van der Waals surface area contributed by atoms with E-state index in [0.29, 0.717) is 29.2 Å². The molecule has 0 spiro atoms. The lowest BCUT2D eigenvalue weighted by Gasteiger charge is -2.10. The maximum atomic E-state index is 12.4. The summed E-state index contributed by atoms with van der Waals surface area (Å²) in [6, 6.07) is 12.2. The largest absolute Gasteiger partial charge is 0.493 e. The van der Waals surface area contributed by atoms with Crippen molar-refractivity contribution in [3.8, 4) is 11.5 Å². The number of carbonyl (C=O) groups excluding carboxylic acids is 2. The van der Waals surface area contributed by atoms with Gasteiger partial charge in [0.15, 0.2) is 18.1 Å². The number of esters is 1. The van der Waals surface area contributed by atoms with Crippen LogP contribution in [0, 0.1) is 0 Å². The highest BCUT2D eigenvalue weighted by Gasteiger charge is 2.16. The van der Waals surface area contributed by atoms with Crippen molar-refractivity contribution in [2.75, 3.05) is 20.3 Å². The van der Waals surface area contributed by atoms with Gasteiger partial charge in [-0.25, -0.2) is 4.79 Å². The molecule has 26 heavy (non-hydrogen) atoms. The number of aromatic amines is 1. The standard InChI is InChI=1S/C20H19NO5/c1-3-25-19-10-13(8-9-18(19)24-2)20(23)26-12-17(22)15-11-21-16-7-5-4-6-14(15)16/h4-11,21H,3,12H2,1-2H3. The van der Waals surface area contributed by atoms with Gasteiger partial charge >= 0.3 is 5.97 Å². The van der Waals surface area contributed by atoms with Crippen LogP contribution in [-0.4, -0.2) is 37.1 Å². The fourth-order valence-electron chi connectivity index (χ4n) is 2.67. The van der Waals surface area contributed by atoms with Crippen LogP contribution in [0.15, 0.2) is 48.7 Å². The second-order valence-corrected chi connectivity index (χ2v) is 5.55. The molecule has 0 aliphatic heterocycles. The number of rotatable bonds is 7. The summed E-state index contributed by atoms with van der Waals surface area (Å²) < 4.78 is 15.8. The summed E-state index contributed by atoms with van der Waals surface area (Å²) in [5.41, 5.74) is 1.65. The van der Waals surface area contributed by atoms with Crippen LogP contribution >= 0.6 is 0 Å². The number of H-pyrrole nitrogens is 1. The Bertz CT molecular complexity index is 944. The van der Waals surface area contributed by atoms with E-state index in [9.17, 15) is 9.59 Å². The summed E-state index contributed by atoms with van der Waals surface area (Å²) in [5.74, 6) is 0.113. The first kappa shape index (κ1) is 17.5. The van der Waals surface area contributed by atoms with Gasteiger partial charge in [-0.05, 0) is 31.2 Å². The topological polar surface area (TPSA) is 77.6 Å². The van der Waals surface area contributed by atoms with Gasteiger partial charge in [-0.1, -0.05) is 18.2 Å². The van der Waals surface area contributed by atoms with Crippen LogP contribution in [0.3, 0.4) is 0 Å². The number of aromatic nitrogens is 1. The quantitative estimate of drug-likeness (QED) is 0.518. The molecule has 6 nitrogen and oxygen atoms in total. The molecule has 0 atom stereocenters. The number of fused-ring (bicyclic) bond motifs is 1. The van der Waals surface area contributed by atoms with Crippen molar-refractivity contribution < 1.29 is 23.8 Å². The van der Waals surface area contributed by atoms with Gasteiger partial charge in [-0.2, -0.15) is 0 Å². The van der Waals surface area contributed by atoms with Gasteiger partial charge < -0.3 is 19.2 Å². The van der Waals surface area contributed by atoms with Crippen LogP contribution in [0.5, 0.6) is 11.5 Å². The minimum absolute atomic E-state index is 0.269. The first-order valence-electron chi connectivity index (χ1n) is 8.21. The molecule has 0 unspecified atom stereocenters. The van der Waals surface area contributed by atoms with Crippen molar-refractivity contribution in [3.63, 3.8) is 0 Å². The van der Waals surface area contributed by atoms with Crippen LogP contribution in [0.4, 0.5) is 0 Å². The lowest BCUT2D eigenvalue weighted by Crippen LogP contribution is -2.14. The lowest BCUT2D eigenvalue weighted by molar-refractivity contribution is 0.0474. The Morgan fingerprint density at radius 3 is 2.65 bits per heavy atom. The molecular weight excluding hydrogens is 334 g/mol. The SMILES string of the molecule is CCOc1cc(C(=O)OCC(=O)c2c[nH]c3ccccc23)ccc1OC. The van der Waals surface area contributed by atoms with Crippen LogP contribution in [-0.2, 0) is 4.74 Å². The van der Waals surface area contributed by atoms with Crippen molar-refractivity contribution in [1.29, 1.82) is 0 Å². The Balaban J connectivity index is 1.70. The Hall–Kier alpha value is -3.28. The number of ketones is 1. The smallest absolute Gasteiger partial charge is 0.338 e. The molecule has 1 aromatic heterocycles. The van der Waals surface area contributed by atoms with Gasteiger partial charge in [0.1, 0.15) is 0 Å². The molecule has 3 aromatic rings. The highest BCUT2D eigenvalue weighted by atomic mass is 16.5. The summed E-state index contributed by atoms with van der Waals surface area (Å²) in [6.45, 7) is 1.94. The van der Waals surface area contributed by atoms with E-state index in [2.05, 4.69) is 4.98 Å². The Morgan fingerprint density at radius 2 is 1.88 bits per heavy atom. The van der Waals surface area contributed by atoms with Gasteiger partial charge in [0.2, 0.25) is 5.78 Å². The summed E-state index contributed by atoms with van der Waals surface area (Å²) in [7, 11) is 1.52. The number of Topliss-reactive ketones (excluding diaryl/α,β-unsaturated/α-hetero) is 1. The minimum atomic E-state index is -0.596. The number of hydrogen-bond acceptors (Lipinski definition) is 5. The Morgan fingerprint density at radius 1 is 1.08 bits per heavy atom. The van der Waals surface area contributed by atoms with E-state index in [-0.39, 0.29) is 12.4 Å². The maximum Gasteiger partial charge on any atom is 0.338 e. The fourth-order valence-corrected chi connectivity index (χ4v) is 2.67. The van der Waals surface area contributed by atoms with Crippen molar-refractivity contribution in [1.82, 2.24) is 4.98 Å². The van der Waals surface area contributed by atoms with Gasteiger partial charge in [0, 0.05) is 22.7 Å². The van der Waals surface area contributed by atoms with Gasteiger partial charge in [-0.3, -0.25) is 4.79 Å². The summed E-state index contributed by atoms with van der Waals surface area (Å²) in [4.78, 5) is 27.7. The molecule has 0 aliphatic carbocycles. The average molecular weight is 353 g/mol. The number of carbonyl (C=O) groups is 2. The van der Waals surface area contributed by atoms with Crippen molar-refractivity contribution in [3.05, 3.63) is 59.8 Å². The molecule has 1 N–H and O–H groups in total. The highest BCUT2D eigenvalue weighted by molar-refractivity contribution is 6.09. The Kier molecular flexibility index (Phi) is 5.22. The molecule has 0 radical (unpaired) electrons. The molecule has 6 heteroatoms. The number of hydrogen-bond donors (Lipinski definition) is 1. The number of methoxy groups -OCH3 is 1. The number of ether oxygens (including phenoxy) is 3. The normalized spacial score (nSPS) is 10.5. The zero-order valence-corrected chi connectivity index (χ0v) is 14.6. The van der Waals surface area contributed by atoms with E-state index in [4.69, 9.17) is 14.2 Å². The summed E-state index contributed by atoms with van der Waals surface area (Å²) >= 11 is 0. The molecule has 0 saturated carbocycles. The molecule has 0 saturated heterocycles. The fraction of sp³-hybridized carbons (Fsp3) is 0.200. The van der Waals surface area contributed by atoms with Gasteiger partial charge in [0.05, 0.1) is 19.3 Å². The van der Waals surface area contributed by atoms with E-state index in [1.165, 1.54) is 7.11 Å². The molecular formula is C20H19NO5.